The third-order valence-corrected chi connectivity index (χ3v) is 4.42. The maximum atomic E-state index is 5.85. The van der Waals surface area contributed by atoms with Crippen LogP contribution in [0, 0.1) is 0 Å². The predicted molar refractivity (Wildman–Crippen MR) is 101 cm³/mol. The molecule has 0 aliphatic carbocycles. The van der Waals surface area contributed by atoms with Gasteiger partial charge in [0.1, 0.15) is 23.6 Å². The second kappa shape index (κ2) is 6.92. The van der Waals surface area contributed by atoms with Crippen LogP contribution >= 0.6 is 0 Å². The van der Waals surface area contributed by atoms with Crippen LogP contribution in [0.25, 0.3) is 22.3 Å². The van der Waals surface area contributed by atoms with Crippen molar-refractivity contribution >= 4 is 16.7 Å². The molecule has 2 aromatic heterocycles. The van der Waals surface area contributed by atoms with E-state index in [0.29, 0.717) is 0 Å². The van der Waals surface area contributed by atoms with Gasteiger partial charge in [-0.05, 0) is 32.0 Å². The molecule has 1 aromatic carbocycles. The highest BCUT2D eigenvalue weighted by Crippen LogP contribution is 2.31. The van der Waals surface area contributed by atoms with Crippen molar-refractivity contribution in [3.8, 4) is 17.1 Å². The van der Waals surface area contributed by atoms with Crippen LogP contribution in [-0.4, -0.2) is 52.2 Å². The van der Waals surface area contributed by atoms with Gasteiger partial charge in [-0.3, -0.25) is 4.68 Å². The summed E-state index contributed by atoms with van der Waals surface area (Å²) in [6, 6.07) is 8.05. The summed E-state index contributed by atoms with van der Waals surface area (Å²) in [4.78, 5) is 11.1. The van der Waals surface area contributed by atoms with E-state index in [-0.39, 0.29) is 6.10 Å². The average molecular weight is 353 g/mol. The first kappa shape index (κ1) is 16.8. The number of nitrogens with zero attached hydrogens (tertiary/aromatic N) is 5. The van der Waals surface area contributed by atoms with Crippen molar-refractivity contribution in [2.24, 2.45) is 7.05 Å². The van der Waals surface area contributed by atoms with Gasteiger partial charge in [0.25, 0.3) is 0 Å². The Kier molecular flexibility index (Phi) is 4.46. The number of aryl methyl sites for hydroxylation is 1. The number of fused-ring (bicyclic) bond motifs is 1. The molecule has 7 nitrogen and oxygen atoms in total. The minimum absolute atomic E-state index is 0.125. The molecule has 0 bridgehead atoms. The van der Waals surface area contributed by atoms with Gasteiger partial charge < -0.3 is 14.4 Å². The molecule has 0 saturated carbocycles. The lowest BCUT2D eigenvalue weighted by Crippen LogP contribution is -2.36. The van der Waals surface area contributed by atoms with Crippen molar-refractivity contribution in [2.45, 2.75) is 20.0 Å². The van der Waals surface area contributed by atoms with Gasteiger partial charge in [-0.2, -0.15) is 5.10 Å². The first-order valence-electron chi connectivity index (χ1n) is 8.90. The van der Waals surface area contributed by atoms with Crippen molar-refractivity contribution in [2.75, 3.05) is 31.2 Å². The first-order valence-corrected chi connectivity index (χ1v) is 8.90. The minimum atomic E-state index is 0.125. The Bertz CT molecular complexity index is 915. The molecule has 1 aliphatic rings. The smallest absolute Gasteiger partial charge is 0.132 e. The SMILES string of the molecule is CC(C)Oc1ccc2c(c1)c(-c1cc(N3CCOCC3)ncn1)nn2C. The van der Waals surface area contributed by atoms with E-state index in [4.69, 9.17) is 14.6 Å². The molecule has 1 fully saturated rings. The molecule has 0 spiro atoms. The fourth-order valence-corrected chi connectivity index (χ4v) is 3.22. The topological polar surface area (TPSA) is 65.3 Å². The van der Waals surface area contributed by atoms with E-state index in [1.165, 1.54) is 0 Å². The van der Waals surface area contributed by atoms with Crippen molar-refractivity contribution in [3.63, 3.8) is 0 Å². The summed E-state index contributed by atoms with van der Waals surface area (Å²) >= 11 is 0. The number of benzene rings is 1. The lowest BCUT2D eigenvalue weighted by molar-refractivity contribution is 0.122. The summed E-state index contributed by atoms with van der Waals surface area (Å²) < 4.78 is 13.2. The zero-order chi connectivity index (χ0) is 18.1. The van der Waals surface area contributed by atoms with Gasteiger partial charge in [-0.1, -0.05) is 0 Å². The van der Waals surface area contributed by atoms with Gasteiger partial charge in [0, 0.05) is 31.6 Å². The minimum Gasteiger partial charge on any atom is -0.491 e. The second-order valence-electron chi connectivity index (χ2n) is 6.68. The van der Waals surface area contributed by atoms with Crippen LogP contribution in [0.15, 0.2) is 30.6 Å². The Morgan fingerprint density at radius 3 is 2.69 bits per heavy atom. The molecule has 0 N–H and O–H groups in total. The molecule has 136 valence electrons. The molecule has 3 aromatic rings. The zero-order valence-electron chi connectivity index (χ0n) is 15.3. The maximum absolute atomic E-state index is 5.85. The molecule has 1 saturated heterocycles. The van der Waals surface area contributed by atoms with E-state index >= 15 is 0 Å². The normalized spacial score (nSPS) is 15.0. The third kappa shape index (κ3) is 3.22. The van der Waals surface area contributed by atoms with E-state index < -0.39 is 0 Å². The fourth-order valence-electron chi connectivity index (χ4n) is 3.22. The van der Waals surface area contributed by atoms with Crippen LogP contribution in [0.3, 0.4) is 0 Å². The van der Waals surface area contributed by atoms with Crippen LogP contribution in [0.1, 0.15) is 13.8 Å². The summed E-state index contributed by atoms with van der Waals surface area (Å²) in [6.07, 6.45) is 1.73. The van der Waals surface area contributed by atoms with Gasteiger partial charge >= 0.3 is 0 Å². The summed E-state index contributed by atoms with van der Waals surface area (Å²) in [5.41, 5.74) is 2.70. The number of morpholine rings is 1. The molecule has 4 rings (SSSR count). The lowest BCUT2D eigenvalue weighted by Gasteiger charge is -2.27. The maximum Gasteiger partial charge on any atom is 0.132 e. The highest BCUT2D eigenvalue weighted by atomic mass is 16.5. The lowest BCUT2D eigenvalue weighted by atomic mass is 10.1. The van der Waals surface area contributed by atoms with Crippen molar-refractivity contribution in [1.29, 1.82) is 0 Å². The quantitative estimate of drug-likeness (QED) is 0.718. The Balaban J connectivity index is 1.76. The first-order chi connectivity index (χ1) is 12.6. The summed E-state index contributed by atoms with van der Waals surface area (Å²) in [5, 5.41) is 5.72. The Labute approximate surface area is 152 Å². The van der Waals surface area contributed by atoms with Gasteiger partial charge in [0.05, 0.1) is 30.5 Å². The molecule has 3 heterocycles. The van der Waals surface area contributed by atoms with Crippen LogP contribution in [0.4, 0.5) is 5.82 Å². The summed E-state index contributed by atoms with van der Waals surface area (Å²) in [7, 11) is 1.94. The van der Waals surface area contributed by atoms with Crippen molar-refractivity contribution in [3.05, 3.63) is 30.6 Å². The molecule has 0 amide bonds. The van der Waals surface area contributed by atoms with E-state index in [1.54, 1.807) is 6.33 Å². The van der Waals surface area contributed by atoms with Gasteiger partial charge in [0.15, 0.2) is 0 Å². The fraction of sp³-hybridized carbons (Fsp3) is 0.421. The van der Waals surface area contributed by atoms with Crippen LogP contribution in [-0.2, 0) is 11.8 Å². The number of ether oxygens (including phenoxy) is 2. The molecular weight excluding hydrogens is 330 g/mol. The third-order valence-electron chi connectivity index (χ3n) is 4.42. The van der Waals surface area contributed by atoms with E-state index in [2.05, 4.69) is 14.9 Å². The van der Waals surface area contributed by atoms with Crippen molar-refractivity contribution in [1.82, 2.24) is 19.7 Å². The highest BCUT2D eigenvalue weighted by Gasteiger charge is 2.17. The molecule has 0 atom stereocenters. The van der Waals surface area contributed by atoms with Gasteiger partial charge in [-0.15, -0.1) is 0 Å². The van der Waals surface area contributed by atoms with Crippen molar-refractivity contribution < 1.29 is 9.47 Å². The van der Waals surface area contributed by atoms with Gasteiger partial charge in [-0.25, -0.2) is 9.97 Å². The molecule has 0 radical (unpaired) electrons. The monoisotopic (exact) mass is 353 g/mol. The average Bonchev–Trinajstić information content (AvgIpc) is 2.98. The second-order valence-corrected chi connectivity index (χ2v) is 6.68. The summed E-state index contributed by atoms with van der Waals surface area (Å²) in [5.74, 6) is 1.75. The molecule has 7 heteroatoms. The molecule has 1 aliphatic heterocycles. The largest absolute Gasteiger partial charge is 0.491 e. The Morgan fingerprint density at radius 1 is 1.12 bits per heavy atom. The van der Waals surface area contributed by atoms with Crippen LogP contribution in [0.5, 0.6) is 5.75 Å². The zero-order valence-corrected chi connectivity index (χ0v) is 15.3. The van der Waals surface area contributed by atoms with E-state index in [9.17, 15) is 0 Å². The predicted octanol–water partition coefficient (Wildman–Crippen LogP) is 2.65. The molecule has 0 unspecified atom stereocenters. The molecule has 26 heavy (non-hydrogen) atoms. The van der Waals surface area contributed by atoms with E-state index in [0.717, 1.165) is 60.2 Å². The number of anilines is 1. The number of hydrogen-bond donors (Lipinski definition) is 0. The Morgan fingerprint density at radius 2 is 1.92 bits per heavy atom. The number of hydrogen-bond acceptors (Lipinski definition) is 6. The summed E-state index contributed by atoms with van der Waals surface area (Å²) in [6.45, 7) is 7.17. The van der Waals surface area contributed by atoms with Gasteiger partial charge in [0.2, 0.25) is 0 Å². The highest BCUT2D eigenvalue weighted by molar-refractivity contribution is 5.93. The van der Waals surface area contributed by atoms with Crippen LogP contribution in [0.2, 0.25) is 0 Å². The molecular formula is C19H23N5O2. The Hall–Kier alpha value is -2.67. The standard InChI is InChI=1S/C19H23N5O2/c1-13(2)26-14-4-5-17-15(10-14)19(22-23(17)3)16-11-18(21-12-20-16)24-6-8-25-9-7-24/h4-5,10-13H,6-9H2,1-3H3. The number of rotatable bonds is 4. The van der Waals surface area contributed by atoms with Crippen LogP contribution < -0.4 is 9.64 Å². The van der Waals surface area contributed by atoms with E-state index in [1.807, 2.05) is 49.8 Å². The number of aromatic nitrogens is 4.